The van der Waals surface area contributed by atoms with Crippen LogP contribution in [0, 0.1) is 0 Å². The predicted octanol–water partition coefficient (Wildman–Crippen LogP) is 2.54. The minimum atomic E-state index is 0.237. The molecule has 0 radical (unpaired) electrons. The maximum Gasteiger partial charge on any atom is 0.0731 e. The van der Waals surface area contributed by atoms with E-state index in [2.05, 4.69) is 18.7 Å². The molecular weight excluding hydrogens is 224 g/mol. The summed E-state index contributed by atoms with van der Waals surface area (Å²) in [6.45, 7) is 7.35. The van der Waals surface area contributed by atoms with E-state index in [1.54, 1.807) is 0 Å². The predicted molar refractivity (Wildman–Crippen MR) is 75.7 cm³/mol. The SMILES string of the molecule is CCCC(CN)(CCC)N1CCOC2CCCC21. The molecular formula is C15H30N2O. The summed E-state index contributed by atoms with van der Waals surface area (Å²) in [5.41, 5.74) is 6.45. The first-order valence-corrected chi connectivity index (χ1v) is 7.86. The van der Waals surface area contributed by atoms with Crippen molar-refractivity contribution in [1.82, 2.24) is 4.90 Å². The smallest absolute Gasteiger partial charge is 0.0731 e. The zero-order valence-corrected chi connectivity index (χ0v) is 12.2. The Morgan fingerprint density at radius 3 is 2.56 bits per heavy atom. The molecule has 0 aromatic rings. The molecule has 1 aliphatic carbocycles. The highest BCUT2D eigenvalue weighted by atomic mass is 16.5. The summed E-state index contributed by atoms with van der Waals surface area (Å²) in [6.07, 6.45) is 9.29. The molecule has 3 nitrogen and oxygen atoms in total. The molecule has 0 spiro atoms. The highest BCUT2D eigenvalue weighted by molar-refractivity contribution is 5.00. The fourth-order valence-electron chi connectivity index (χ4n) is 4.18. The minimum absolute atomic E-state index is 0.237. The zero-order valence-electron chi connectivity index (χ0n) is 12.2. The molecule has 0 aromatic carbocycles. The number of ether oxygens (including phenoxy) is 1. The van der Waals surface area contributed by atoms with Gasteiger partial charge < -0.3 is 10.5 Å². The van der Waals surface area contributed by atoms with Gasteiger partial charge >= 0.3 is 0 Å². The largest absolute Gasteiger partial charge is 0.375 e. The molecule has 2 fully saturated rings. The average molecular weight is 254 g/mol. The van der Waals surface area contributed by atoms with Crippen LogP contribution in [-0.4, -0.2) is 42.3 Å². The lowest BCUT2D eigenvalue weighted by molar-refractivity contribution is -0.102. The Hall–Kier alpha value is -0.120. The molecule has 3 heteroatoms. The van der Waals surface area contributed by atoms with Crippen molar-refractivity contribution in [2.45, 2.75) is 76.5 Å². The Morgan fingerprint density at radius 1 is 1.22 bits per heavy atom. The Morgan fingerprint density at radius 2 is 1.94 bits per heavy atom. The van der Waals surface area contributed by atoms with Gasteiger partial charge in [-0.3, -0.25) is 4.90 Å². The Kier molecular flexibility index (Phi) is 5.05. The third-order valence-electron chi connectivity index (χ3n) is 4.90. The summed E-state index contributed by atoms with van der Waals surface area (Å²) >= 11 is 0. The van der Waals surface area contributed by atoms with E-state index in [1.165, 1.54) is 44.9 Å². The zero-order chi connectivity index (χ0) is 13.0. The van der Waals surface area contributed by atoms with Crippen molar-refractivity contribution >= 4 is 0 Å². The van der Waals surface area contributed by atoms with Gasteiger partial charge in [-0.15, -0.1) is 0 Å². The molecule has 2 aliphatic rings. The van der Waals surface area contributed by atoms with Crippen molar-refractivity contribution in [3.63, 3.8) is 0 Å². The Balaban J connectivity index is 2.17. The van der Waals surface area contributed by atoms with Gasteiger partial charge in [0.05, 0.1) is 12.7 Å². The number of hydrogen-bond acceptors (Lipinski definition) is 3. The van der Waals surface area contributed by atoms with E-state index in [0.29, 0.717) is 12.1 Å². The van der Waals surface area contributed by atoms with Crippen LogP contribution >= 0.6 is 0 Å². The molecule has 1 saturated heterocycles. The van der Waals surface area contributed by atoms with E-state index in [9.17, 15) is 0 Å². The standard InChI is InChI=1S/C15H30N2O/c1-3-8-15(12-16,9-4-2)17-10-11-18-14-7-5-6-13(14)17/h13-14H,3-12,16H2,1-2H3. The van der Waals surface area contributed by atoms with Gasteiger partial charge in [-0.2, -0.15) is 0 Å². The van der Waals surface area contributed by atoms with Crippen molar-refractivity contribution < 1.29 is 4.74 Å². The van der Waals surface area contributed by atoms with Crippen LogP contribution in [0.25, 0.3) is 0 Å². The lowest BCUT2D eigenvalue weighted by Crippen LogP contribution is -2.62. The second kappa shape index (κ2) is 6.36. The fraction of sp³-hybridized carbons (Fsp3) is 1.00. The van der Waals surface area contributed by atoms with Crippen LogP contribution in [0.3, 0.4) is 0 Å². The van der Waals surface area contributed by atoms with E-state index in [-0.39, 0.29) is 5.54 Å². The first kappa shape index (κ1) is 14.3. The minimum Gasteiger partial charge on any atom is -0.375 e. The summed E-state index contributed by atoms with van der Waals surface area (Å²) in [5, 5.41) is 0. The number of hydrogen-bond donors (Lipinski definition) is 1. The maximum atomic E-state index is 6.21. The van der Waals surface area contributed by atoms with Crippen molar-refractivity contribution in [1.29, 1.82) is 0 Å². The van der Waals surface area contributed by atoms with E-state index in [0.717, 1.165) is 19.7 Å². The molecule has 0 bridgehead atoms. The van der Waals surface area contributed by atoms with E-state index in [1.807, 2.05) is 0 Å². The molecule has 2 atom stereocenters. The van der Waals surface area contributed by atoms with Gasteiger partial charge in [0.25, 0.3) is 0 Å². The Labute approximate surface area is 112 Å². The third kappa shape index (κ3) is 2.59. The van der Waals surface area contributed by atoms with E-state index < -0.39 is 0 Å². The summed E-state index contributed by atoms with van der Waals surface area (Å²) in [4.78, 5) is 2.74. The number of nitrogens with two attached hydrogens (primary N) is 1. The van der Waals surface area contributed by atoms with Gasteiger partial charge in [0.2, 0.25) is 0 Å². The van der Waals surface area contributed by atoms with Gasteiger partial charge in [-0.1, -0.05) is 26.7 Å². The second-order valence-corrected chi connectivity index (χ2v) is 6.03. The maximum absolute atomic E-state index is 6.21. The lowest BCUT2D eigenvalue weighted by Gasteiger charge is -2.50. The van der Waals surface area contributed by atoms with E-state index >= 15 is 0 Å². The Bertz CT molecular complexity index is 251. The monoisotopic (exact) mass is 254 g/mol. The number of nitrogens with zero attached hydrogens (tertiary/aromatic N) is 1. The summed E-state index contributed by atoms with van der Waals surface area (Å²) < 4.78 is 5.95. The van der Waals surface area contributed by atoms with Crippen LogP contribution in [0.2, 0.25) is 0 Å². The number of fused-ring (bicyclic) bond motifs is 1. The van der Waals surface area contributed by atoms with Crippen molar-refractivity contribution in [3.05, 3.63) is 0 Å². The summed E-state index contributed by atoms with van der Waals surface area (Å²) in [5.74, 6) is 0. The normalized spacial score (nSPS) is 29.5. The number of rotatable bonds is 6. The first-order chi connectivity index (χ1) is 8.77. The highest BCUT2D eigenvalue weighted by Gasteiger charge is 2.44. The van der Waals surface area contributed by atoms with Crippen LogP contribution in [0.4, 0.5) is 0 Å². The summed E-state index contributed by atoms with van der Waals surface area (Å²) in [7, 11) is 0. The van der Waals surface area contributed by atoms with Crippen molar-refractivity contribution in [3.8, 4) is 0 Å². The molecule has 2 rings (SSSR count). The molecule has 1 aliphatic heterocycles. The number of morpholine rings is 1. The van der Waals surface area contributed by atoms with Gasteiger partial charge in [0, 0.05) is 24.7 Å². The molecule has 1 saturated carbocycles. The van der Waals surface area contributed by atoms with Crippen LogP contribution in [0.1, 0.15) is 58.8 Å². The lowest BCUT2D eigenvalue weighted by atomic mass is 9.84. The van der Waals surface area contributed by atoms with Crippen molar-refractivity contribution in [2.75, 3.05) is 19.7 Å². The first-order valence-electron chi connectivity index (χ1n) is 7.86. The van der Waals surface area contributed by atoms with Crippen LogP contribution < -0.4 is 5.73 Å². The molecule has 2 unspecified atom stereocenters. The summed E-state index contributed by atoms with van der Waals surface area (Å²) in [6, 6.07) is 0.639. The van der Waals surface area contributed by atoms with Crippen molar-refractivity contribution in [2.24, 2.45) is 5.73 Å². The molecule has 106 valence electrons. The fourth-order valence-corrected chi connectivity index (χ4v) is 4.18. The van der Waals surface area contributed by atoms with Crippen LogP contribution in [0.15, 0.2) is 0 Å². The van der Waals surface area contributed by atoms with Gasteiger partial charge in [0.1, 0.15) is 0 Å². The van der Waals surface area contributed by atoms with Gasteiger partial charge in [-0.25, -0.2) is 0 Å². The third-order valence-corrected chi connectivity index (χ3v) is 4.90. The second-order valence-electron chi connectivity index (χ2n) is 6.03. The molecule has 0 amide bonds. The molecule has 2 N–H and O–H groups in total. The molecule has 18 heavy (non-hydrogen) atoms. The van der Waals surface area contributed by atoms with Gasteiger partial charge in [-0.05, 0) is 32.1 Å². The van der Waals surface area contributed by atoms with Crippen LogP contribution in [-0.2, 0) is 4.74 Å². The average Bonchev–Trinajstić information content (AvgIpc) is 2.86. The van der Waals surface area contributed by atoms with E-state index in [4.69, 9.17) is 10.5 Å². The highest BCUT2D eigenvalue weighted by Crippen LogP contribution is 2.37. The topological polar surface area (TPSA) is 38.5 Å². The van der Waals surface area contributed by atoms with Crippen LogP contribution in [0.5, 0.6) is 0 Å². The quantitative estimate of drug-likeness (QED) is 0.791. The molecule has 1 heterocycles. The molecule has 0 aromatic heterocycles. The van der Waals surface area contributed by atoms with Gasteiger partial charge in [0.15, 0.2) is 0 Å².